The molecule has 2 aromatic heterocycles. The van der Waals surface area contributed by atoms with Gasteiger partial charge in [0.1, 0.15) is 5.02 Å². The lowest BCUT2D eigenvalue weighted by Gasteiger charge is -2.08. The molecule has 6 nitrogen and oxygen atoms in total. The van der Waals surface area contributed by atoms with Crippen LogP contribution in [0, 0.1) is 0 Å². The van der Waals surface area contributed by atoms with Gasteiger partial charge in [-0.15, -0.1) is 0 Å². The van der Waals surface area contributed by atoms with Crippen LogP contribution in [0.2, 0.25) is 25.1 Å². The van der Waals surface area contributed by atoms with E-state index in [9.17, 15) is 0 Å². The van der Waals surface area contributed by atoms with Gasteiger partial charge in [0.25, 0.3) is 0 Å². The highest BCUT2D eigenvalue weighted by atomic mass is 35.5. The van der Waals surface area contributed by atoms with E-state index in [4.69, 9.17) is 70.2 Å². The summed E-state index contributed by atoms with van der Waals surface area (Å²) in [7, 11) is 0. The summed E-state index contributed by atoms with van der Waals surface area (Å²) in [5, 5.41) is 17.8. The van der Waals surface area contributed by atoms with Crippen LogP contribution in [-0.4, -0.2) is 24.7 Å². The SMILES string of the molecule is S=C(Nc1ccn(Cc2c(Cl)cccc2Cl)n1)Nc1nn(Cc2ccc(Cl)cc2Cl)cc1Cl. The molecule has 0 bridgehead atoms. The van der Waals surface area contributed by atoms with Gasteiger partial charge in [-0.2, -0.15) is 10.2 Å². The lowest BCUT2D eigenvalue weighted by atomic mass is 10.2. The van der Waals surface area contributed by atoms with Gasteiger partial charge in [-0.25, -0.2) is 0 Å². The fourth-order valence-corrected chi connectivity index (χ4v) is 4.39. The molecule has 2 aromatic carbocycles. The molecule has 4 rings (SSSR count). The van der Waals surface area contributed by atoms with Crippen LogP contribution in [0.5, 0.6) is 0 Å². The molecule has 0 radical (unpaired) electrons. The second-order valence-electron chi connectivity index (χ2n) is 6.94. The van der Waals surface area contributed by atoms with E-state index in [1.54, 1.807) is 58.2 Å². The van der Waals surface area contributed by atoms with E-state index in [0.717, 1.165) is 11.1 Å². The van der Waals surface area contributed by atoms with Crippen LogP contribution in [0.4, 0.5) is 11.6 Å². The molecule has 0 aliphatic rings. The zero-order valence-electron chi connectivity index (χ0n) is 16.7. The normalized spacial score (nSPS) is 10.9. The molecule has 170 valence electrons. The Hall–Kier alpha value is -2.00. The number of hydrogen-bond donors (Lipinski definition) is 2. The number of thiocarbonyl (C=S) groups is 1. The average molecular weight is 561 g/mol. The molecule has 0 fully saturated rings. The van der Waals surface area contributed by atoms with E-state index in [1.165, 1.54) is 0 Å². The third-order valence-corrected chi connectivity index (χ3v) is 6.34. The lowest BCUT2D eigenvalue weighted by Crippen LogP contribution is -2.20. The van der Waals surface area contributed by atoms with Crippen molar-refractivity contribution in [3.63, 3.8) is 0 Å². The van der Waals surface area contributed by atoms with E-state index >= 15 is 0 Å². The molecule has 0 aliphatic carbocycles. The standard InChI is InChI=1S/C21H15Cl5N6S/c22-13-5-4-12(17(25)8-13)9-32-11-18(26)20(30-32)28-21(33)27-19-6-7-31(29-19)10-14-15(23)2-1-3-16(14)24/h1-8,11H,9-10H2,(H2,27,28,29,30,33). The Morgan fingerprint density at radius 1 is 0.818 bits per heavy atom. The van der Waals surface area contributed by atoms with Crippen molar-refractivity contribution < 1.29 is 0 Å². The summed E-state index contributed by atoms with van der Waals surface area (Å²) in [6.07, 6.45) is 3.47. The van der Waals surface area contributed by atoms with Crippen LogP contribution in [0.15, 0.2) is 54.9 Å². The molecule has 0 atom stereocenters. The topological polar surface area (TPSA) is 59.7 Å². The number of nitrogens with one attached hydrogen (secondary N) is 2. The van der Waals surface area contributed by atoms with Crippen molar-refractivity contribution >= 4 is 87.0 Å². The van der Waals surface area contributed by atoms with Gasteiger partial charge in [-0.05, 0) is 42.0 Å². The van der Waals surface area contributed by atoms with Crippen molar-refractivity contribution in [2.45, 2.75) is 13.1 Å². The fraction of sp³-hybridized carbons (Fsp3) is 0.0952. The van der Waals surface area contributed by atoms with Gasteiger partial charge >= 0.3 is 0 Å². The Morgan fingerprint density at radius 2 is 1.58 bits per heavy atom. The Morgan fingerprint density at radius 3 is 2.30 bits per heavy atom. The Balaban J connectivity index is 1.38. The molecular formula is C21H15Cl5N6S. The van der Waals surface area contributed by atoms with Crippen molar-refractivity contribution in [1.29, 1.82) is 0 Å². The number of anilines is 2. The molecule has 0 spiro atoms. The summed E-state index contributed by atoms with van der Waals surface area (Å²) in [4.78, 5) is 0. The minimum atomic E-state index is 0.285. The van der Waals surface area contributed by atoms with Crippen molar-refractivity contribution in [3.8, 4) is 0 Å². The number of benzene rings is 2. The summed E-state index contributed by atoms with van der Waals surface area (Å²) >= 11 is 36.4. The quantitative estimate of drug-likeness (QED) is 0.243. The third-order valence-electron chi connectivity index (χ3n) is 4.56. The fourth-order valence-electron chi connectivity index (χ4n) is 3.00. The molecule has 12 heteroatoms. The molecule has 0 saturated carbocycles. The van der Waals surface area contributed by atoms with Crippen LogP contribution in [-0.2, 0) is 13.1 Å². The minimum Gasteiger partial charge on any atom is -0.316 e. The lowest BCUT2D eigenvalue weighted by molar-refractivity contribution is 0.689. The van der Waals surface area contributed by atoms with Crippen molar-refractivity contribution in [2.24, 2.45) is 0 Å². The maximum Gasteiger partial charge on any atom is 0.177 e. The Labute approximate surface area is 220 Å². The smallest absolute Gasteiger partial charge is 0.177 e. The molecule has 0 amide bonds. The van der Waals surface area contributed by atoms with E-state index in [0.29, 0.717) is 49.8 Å². The van der Waals surface area contributed by atoms with Gasteiger partial charge in [0.2, 0.25) is 0 Å². The summed E-state index contributed by atoms with van der Waals surface area (Å²) < 4.78 is 3.36. The van der Waals surface area contributed by atoms with Crippen molar-refractivity contribution in [1.82, 2.24) is 19.6 Å². The number of rotatable bonds is 6. The van der Waals surface area contributed by atoms with Gasteiger partial charge < -0.3 is 10.6 Å². The van der Waals surface area contributed by atoms with Crippen LogP contribution in [0.3, 0.4) is 0 Å². The maximum atomic E-state index is 6.32. The number of halogens is 5. The zero-order chi connectivity index (χ0) is 23.5. The van der Waals surface area contributed by atoms with Crippen molar-refractivity contribution in [3.05, 3.63) is 91.1 Å². The highest BCUT2D eigenvalue weighted by molar-refractivity contribution is 7.80. The number of nitrogens with zero attached hydrogens (tertiary/aromatic N) is 4. The predicted octanol–water partition coefficient (Wildman–Crippen LogP) is 7.25. The van der Waals surface area contributed by atoms with Crippen LogP contribution in [0.1, 0.15) is 11.1 Å². The number of aromatic nitrogens is 4. The summed E-state index contributed by atoms with van der Waals surface area (Å²) in [6, 6.07) is 12.4. The molecule has 4 aromatic rings. The molecule has 33 heavy (non-hydrogen) atoms. The van der Waals surface area contributed by atoms with Crippen LogP contribution >= 0.6 is 70.2 Å². The second-order valence-corrected chi connectivity index (χ2v) is 9.41. The first-order valence-electron chi connectivity index (χ1n) is 9.49. The summed E-state index contributed by atoms with van der Waals surface area (Å²) in [5.74, 6) is 0.945. The summed E-state index contributed by atoms with van der Waals surface area (Å²) in [5.41, 5.74) is 1.64. The van der Waals surface area contributed by atoms with E-state index in [2.05, 4.69) is 20.8 Å². The van der Waals surface area contributed by atoms with Crippen LogP contribution in [0.25, 0.3) is 0 Å². The molecule has 0 saturated heterocycles. The van der Waals surface area contributed by atoms with Gasteiger partial charge in [-0.3, -0.25) is 9.36 Å². The molecular weight excluding hydrogens is 546 g/mol. The zero-order valence-corrected chi connectivity index (χ0v) is 21.3. The highest BCUT2D eigenvalue weighted by Gasteiger charge is 2.12. The molecule has 0 unspecified atom stereocenters. The van der Waals surface area contributed by atoms with Gasteiger partial charge in [0, 0.05) is 44.1 Å². The average Bonchev–Trinajstić information content (AvgIpc) is 3.33. The third kappa shape index (κ3) is 6.12. The Kier molecular flexibility index (Phi) is 7.69. The first-order chi connectivity index (χ1) is 15.8. The van der Waals surface area contributed by atoms with E-state index in [1.807, 2.05) is 6.07 Å². The predicted molar refractivity (Wildman–Crippen MR) is 140 cm³/mol. The molecule has 2 N–H and O–H groups in total. The second kappa shape index (κ2) is 10.5. The largest absolute Gasteiger partial charge is 0.316 e. The molecule has 2 heterocycles. The van der Waals surface area contributed by atoms with Gasteiger partial charge in [0.05, 0.1) is 13.1 Å². The van der Waals surface area contributed by atoms with Gasteiger partial charge in [-0.1, -0.05) is 70.1 Å². The van der Waals surface area contributed by atoms with Gasteiger partial charge in [0.15, 0.2) is 16.7 Å². The minimum absolute atomic E-state index is 0.285. The molecule has 0 aliphatic heterocycles. The monoisotopic (exact) mass is 558 g/mol. The summed E-state index contributed by atoms with van der Waals surface area (Å²) in [6.45, 7) is 0.844. The number of hydrogen-bond acceptors (Lipinski definition) is 3. The first kappa shape index (κ1) is 24.1. The van der Waals surface area contributed by atoms with Crippen LogP contribution < -0.4 is 10.6 Å². The Bertz CT molecular complexity index is 1300. The van der Waals surface area contributed by atoms with Crippen molar-refractivity contribution in [2.75, 3.05) is 10.6 Å². The van der Waals surface area contributed by atoms with E-state index in [-0.39, 0.29) is 5.11 Å². The highest BCUT2D eigenvalue weighted by Crippen LogP contribution is 2.26. The maximum absolute atomic E-state index is 6.32. The van der Waals surface area contributed by atoms with E-state index < -0.39 is 0 Å². The first-order valence-corrected chi connectivity index (χ1v) is 11.8.